The van der Waals surface area contributed by atoms with Crippen molar-refractivity contribution in [3.8, 4) is 5.75 Å². The number of nitrogens with one attached hydrogen (secondary N) is 3. The predicted molar refractivity (Wildman–Crippen MR) is 187 cm³/mol. The summed E-state index contributed by atoms with van der Waals surface area (Å²) in [5.74, 6) is -6.32. The van der Waals surface area contributed by atoms with Crippen LogP contribution in [0.15, 0.2) is 44.3 Å². The number of carbonyl (C=O) groups is 5. The van der Waals surface area contributed by atoms with E-state index < -0.39 is 81.0 Å². The van der Waals surface area contributed by atoms with Crippen molar-refractivity contribution in [2.45, 2.75) is 43.9 Å². The Bertz CT molecular complexity index is 2210. The Labute approximate surface area is 314 Å². The lowest BCUT2D eigenvalue weighted by atomic mass is 9.98. The summed E-state index contributed by atoms with van der Waals surface area (Å²) in [6.45, 7) is 3.42. The number of oxime groups is 1. The van der Waals surface area contributed by atoms with Gasteiger partial charge in [-0.05, 0) is 38.4 Å². The normalized spacial score (nSPS) is 19.1. The number of aromatic nitrogens is 2. The molecule has 55 heavy (non-hydrogen) atoms. The quantitative estimate of drug-likeness (QED) is 0.0275. The van der Waals surface area contributed by atoms with Crippen LogP contribution in [0.1, 0.15) is 58.5 Å². The van der Waals surface area contributed by atoms with Crippen molar-refractivity contribution >= 4 is 62.1 Å². The number of nitrogens with two attached hydrogens (primary N) is 1. The van der Waals surface area contributed by atoms with E-state index in [1.807, 2.05) is 4.90 Å². The zero-order chi connectivity index (χ0) is 40.4. The van der Waals surface area contributed by atoms with E-state index in [9.17, 15) is 57.2 Å². The number of carboxylic acids is 1. The van der Waals surface area contributed by atoms with Gasteiger partial charge in [0, 0.05) is 43.5 Å². The number of thiazole rings is 1. The first-order valence-electron chi connectivity index (χ1n) is 16.1. The maximum absolute atomic E-state index is 13.3. The van der Waals surface area contributed by atoms with Gasteiger partial charge in [0.1, 0.15) is 17.4 Å². The Morgan fingerprint density at radius 1 is 1.18 bits per heavy atom. The number of rotatable bonds is 15. The molecule has 296 valence electrons. The summed E-state index contributed by atoms with van der Waals surface area (Å²) < 4.78 is 39.6. The maximum atomic E-state index is 13.3. The van der Waals surface area contributed by atoms with Gasteiger partial charge in [-0.2, -0.15) is 13.1 Å². The fourth-order valence-corrected chi connectivity index (χ4v) is 6.98. The molecule has 0 radical (unpaired) electrons. The van der Waals surface area contributed by atoms with Crippen LogP contribution < -0.4 is 27.1 Å². The van der Waals surface area contributed by atoms with Crippen LogP contribution in [0.3, 0.4) is 0 Å². The van der Waals surface area contributed by atoms with E-state index in [1.54, 1.807) is 0 Å². The second-order valence-electron chi connectivity index (χ2n) is 12.8. The minimum Gasteiger partial charge on any atom is -0.503 e. The SMILES string of the molecule is CC(C)(O/N=C(\C(=O)N[C@@H]1C(=O)N(S(=O)(=O)O)[C@@H]1CNC(=O)c1cc([C@@H]2CCN(CCNC(=O)c3cc(=O)c(O)cn3O)C2)co1)c1csc(N)n1)C(=O)O. The molecule has 4 amide bonds. The van der Waals surface area contributed by atoms with Crippen LogP contribution in [0, 0.1) is 0 Å². The number of amides is 4. The molecule has 5 heterocycles. The number of aromatic hydroxyl groups is 1. The number of likely N-dealkylation sites (tertiary alicyclic amines) is 1. The maximum Gasteiger partial charge on any atom is 0.362 e. The van der Waals surface area contributed by atoms with Crippen molar-refractivity contribution in [2.75, 3.05) is 38.5 Å². The van der Waals surface area contributed by atoms with Gasteiger partial charge in [0.15, 0.2) is 22.4 Å². The number of furan rings is 1. The van der Waals surface area contributed by atoms with Crippen LogP contribution in [-0.2, 0) is 29.5 Å². The topological polar surface area (TPSA) is 339 Å². The van der Waals surface area contributed by atoms with Crippen molar-refractivity contribution in [3.05, 3.63) is 62.9 Å². The minimum atomic E-state index is -5.15. The Kier molecular flexibility index (Phi) is 11.5. The van der Waals surface area contributed by atoms with Crippen molar-refractivity contribution in [3.63, 3.8) is 0 Å². The molecule has 5 rings (SSSR count). The Morgan fingerprint density at radius 2 is 1.91 bits per heavy atom. The number of aliphatic carboxylic acids is 1. The van der Waals surface area contributed by atoms with Crippen LogP contribution in [-0.4, -0.2) is 133 Å². The average molecular weight is 810 g/mol. The number of pyridine rings is 1. The zero-order valence-corrected chi connectivity index (χ0v) is 30.5. The van der Waals surface area contributed by atoms with E-state index in [0.29, 0.717) is 42.5 Å². The molecule has 23 nitrogen and oxygen atoms in total. The lowest BCUT2D eigenvalue weighted by Gasteiger charge is -2.44. The van der Waals surface area contributed by atoms with Crippen LogP contribution in [0.25, 0.3) is 0 Å². The molecule has 0 saturated carbocycles. The first-order valence-corrected chi connectivity index (χ1v) is 18.4. The summed E-state index contributed by atoms with van der Waals surface area (Å²) in [7, 11) is -5.15. The van der Waals surface area contributed by atoms with Gasteiger partial charge in [0.05, 0.1) is 18.5 Å². The molecule has 0 bridgehead atoms. The Hall–Kier alpha value is -6.05. The van der Waals surface area contributed by atoms with Gasteiger partial charge in [-0.3, -0.25) is 28.5 Å². The number of hydrogen-bond donors (Lipinski definition) is 8. The highest BCUT2D eigenvalue weighted by molar-refractivity contribution is 7.84. The first-order chi connectivity index (χ1) is 25.8. The van der Waals surface area contributed by atoms with Gasteiger partial charge in [-0.1, -0.05) is 5.16 Å². The van der Waals surface area contributed by atoms with Gasteiger partial charge in [-0.15, -0.1) is 11.3 Å². The largest absolute Gasteiger partial charge is 0.503 e. The molecule has 0 aromatic carbocycles. The first kappa shape index (κ1) is 40.1. The van der Waals surface area contributed by atoms with Crippen LogP contribution in [0.5, 0.6) is 5.75 Å². The van der Waals surface area contributed by atoms with Gasteiger partial charge in [0.25, 0.3) is 23.6 Å². The number of hydrogen-bond acceptors (Lipinski definition) is 17. The molecule has 2 saturated heterocycles. The Balaban J connectivity index is 1.18. The van der Waals surface area contributed by atoms with Crippen molar-refractivity contribution in [1.29, 1.82) is 0 Å². The third kappa shape index (κ3) is 9.02. The third-order valence-electron chi connectivity index (χ3n) is 8.58. The number of anilines is 1. The number of carbonyl (C=O) groups excluding carboxylic acids is 4. The number of β-lactam (4-membered cyclic amide) rings is 1. The molecule has 9 N–H and O–H groups in total. The zero-order valence-electron chi connectivity index (χ0n) is 28.9. The summed E-state index contributed by atoms with van der Waals surface area (Å²) in [6.07, 6.45) is 2.74. The molecule has 2 fully saturated rings. The van der Waals surface area contributed by atoms with E-state index >= 15 is 0 Å². The van der Waals surface area contributed by atoms with Gasteiger partial charge < -0.3 is 51.3 Å². The van der Waals surface area contributed by atoms with Crippen molar-refractivity contribution in [2.24, 2.45) is 5.16 Å². The van der Waals surface area contributed by atoms with Crippen molar-refractivity contribution in [1.82, 2.24) is 34.9 Å². The van der Waals surface area contributed by atoms with Crippen LogP contribution >= 0.6 is 11.3 Å². The van der Waals surface area contributed by atoms with Gasteiger partial charge >= 0.3 is 16.3 Å². The summed E-state index contributed by atoms with van der Waals surface area (Å²) in [5, 5.41) is 40.7. The molecule has 2 aliphatic rings. The summed E-state index contributed by atoms with van der Waals surface area (Å²) in [6, 6.07) is -0.873. The molecular formula is C30H35N9O14S2. The predicted octanol–water partition coefficient (Wildman–Crippen LogP) is -1.85. The summed E-state index contributed by atoms with van der Waals surface area (Å²) in [5.41, 5.74) is 2.48. The molecule has 0 aliphatic carbocycles. The lowest BCUT2D eigenvalue weighted by molar-refractivity contribution is -0.161. The number of carboxylic acid groups (broad SMARTS) is 1. The number of nitrogen functional groups attached to an aromatic ring is 1. The standard InChI is InChI=1S/C30H35N9O14S2/c1-30(2,28(46)47)53-36-22(16-13-54-29(31)34-16)26(44)35-23-18(39(27(23)45)55(49,50)51)9-33-25(43)21-7-15(12-52-21)14-3-5-37(10-14)6-4-32-24(42)17-8-19(40)20(41)11-38(17)48/h7-8,11-14,18,23,41,48H,3-6,9-10H2,1-2H3,(H2,31,34)(H,32,42)(H,33,43)(H,35,44)(H,46,47)(H,49,50,51)/b36-22-/t14-,18-,23+/m1/s1. The molecule has 3 aromatic rings. The monoisotopic (exact) mass is 809 g/mol. The van der Waals surface area contributed by atoms with E-state index in [0.717, 1.165) is 31.3 Å². The van der Waals surface area contributed by atoms with Gasteiger partial charge in [-0.25, -0.2) is 14.1 Å². The molecule has 3 aromatic heterocycles. The highest BCUT2D eigenvalue weighted by atomic mass is 32.2. The van der Waals surface area contributed by atoms with Crippen LogP contribution in [0.4, 0.5) is 5.13 Å². The fourth-order valence-electron chi connectivity index (χ4n) is 5.55. The minimum absolute atomic E-state index is 0.00801. The number of nitrogens with zero attached hydrogens (tertiary/aromatic N) is 5. The molecule has 0 unspecified atom stereocenters. The van der Waals surface area contributed by atoms with Crippen LogP contribution in [0.2, 0.25) is 0 Å². The molecular weight excluding hydrogens is 775 g/mol. The summed E-state index contributed by atoms with van der Waals surface area (Å²) in [4.78, 5) is 85.6. The lowest BCUT2D eigenvalue weighted by Crippen LogP contribution is -2.74. The van der Waals surface area contributed by atoms with E-state index in [2.05, 4.69) is 26.1 Å². The summed E-state index contributed by atoms with van der Waals surface area (Å²) >= 11 is 0.909. The second-order valence-corrected chi connectivity index (χ2v) is 15.0. The molecule has 25 heteroatoms. The van der Waals surface area contributed by atoms with E-state index in [4.69, 9.17) is 15.0 Å². The molecule has 3 atom stereocenters. The molecule has 0 spiro atoms. The van der Waals surface area contributed by atoms with E-state index in [1.165, 1.54) is 17.7 Å². The highest BCUT2D eigenvalue weighted by Crippen LogP contribution is 2.29. The average Bonchev–Trinajstić information content (AvgIpc) is 3.88. The second kappa shape index (κ2) is 15.7. The fraction of sp³-hybridized carbons (Fsp3) is 0.400. The third-order valence-corrected chi connectivity index (χ3v) is 10.2. The smallest absolute Gasteiger partial charge is 0.362 e. The molecule has 2 aliphatic heterocycles. The van der Waals surface area contributed by atoms with Gasteiger partial charge in [0.2, 0.25) is 11.0 Å². The van der Waals surface area contributed by atoms with E-state index in [-0.39, 0.29) is 39.0 Å². The highest BCUT2D eigenvalue weighted by Gasteiger charge is 2.54. The van der Waals surface area contributed by atoms with Crippen molar-refractivity contribution < 1.29 is 61.6 Å². The Morgan fingerprint density at radius 3 is 2.56 bits per heavy atom.